The summed E-state index contributed by atoms with van der Waals surface area (Å²) in [6, 6.07) is 38.3. The molecule has 0 fully saturated rings. The van der Waals surface area contributed by atoms with Gasteiger partial charge in [-0.3, -0.25) is 0 Å². The predicted molar refractivity (Wildman–Crippen MR) is 186 cm³/mol. The first-order valence-corrected chi connectivity index (χ1v) is 16.9. The Kier molecular flexibility index (Phi) is 8.85. The van der Waals surface area contributed by atoms with Crippen LogP contribution < -0.4 is 0 Å². The third-order valence-corrected chi connectivity index (χ3v) is 9.82. The summed E-state index contributed by atoms with van der Waals surface area (Å²) in [5.74, 6) is 0. The summed E-state index contributed by atoms with van der Waals surface area (Å²) in [6.45, 7) is 9.02. The molecule has 0 aromatic heterocycles. The molecule has 0 N–H and O–H groups in total. The average molecular weight is 565 g/mol. The highest BCUT2D eigenvalue weighted by Gasteiger charge is 2.46. The number of unbranched alkanes of at least 4 members (excludes halogenated alkanes) is 6. The molecule has 0 spiro atoms. The topological polar surface area (TPSA) is 0 Å². The molecule has 5 aromatic carbocycles. The van der Waals surface area contributed by atoms with Gasteiger partial charge in [0.25, 0.3) is 0 Å². The van der Waals surface area contributed by atoms with Crippen molar-refractivity contribution in [1.29, 1.82) is 0 Å². The van der Waals surface area contributed by atoms with E-state index in [2.05, 4.69) is 125 Å². The quantitative estimate of drug-likeness (QED) is 0.130. The minimum Gasteiger partial charge on any atom is -0.0654 e. The number of benzene rings is 5. The van der Waals surface area contributed by atoms with Crippen molar-refractivity contribution in [2.24, 2.45) is 0 Å². The van der Waals surface area contributed by atoms with Crippen LogP contribution in [-0.4, -0.2) is 0 Å². The van der Waals surface area contributed by atoms with Crippen molar-refractivity contribution in [3.8, 4) is 11.1 Å². The Morgan fingerprint density at radius 2 is 0.977 bits per heavy atom. The number of hydrogen-bond acceptors (Lipinski definition) is 0. The Morgan fingerprint density at radius 3 is 1.56 bits per heavy atom. The largest absolute Gasteiger partial charge is 0.0713 e. The van der Waals surface area contributed by atoms with Crippen LogP contribution in [0.25, 0.3) is 21.9 Å². The molecule has 0 nitrogen and oxygen atoms in total. The minimum absolute atomic E-state index is 0.351. The van der Waals surface area contributed by atoms with Crippen molar-refractivity contribution in [3.63, 3.8) is 0 Å². The lowest BCUT2D eigenvalue weighted by molar-refractivity contribution is 0.666. The first-order valence-electron chi connectivity index (χ1n) is 16.9. The zero-order valence-corrected chi connectivity index (χ0v) is 26.8. The molecule has 0 unspecified atom stereocenters. The van der Waals surface area contributed by atoms with Crippen molar-refractivity contribution in [3.05, 3.63) is 142 Å². The van der Waals surface area contributed by atoms with Crippen LogP contribution in [0.5, 0.6) is 0 Å². The summed E-state index contributed by atoms with van der Waals surface area (Å²) < 4.78 is 0. The summed E-state index contributed by atoms with van der Waals surface area (Å²) in [5.41, 5.74) is 13.5. The highest BCUT2D eigenvalue weighted by molar-refractivity contribution is 5.96. The minimum atomic E-state index is -0.351. The molecule has 0 saturated carbocycles. The number of aryl methyl sites for hydroxylation is 4. The second-order valence-corrected chi connectivity index (χ2v) is 13.1. The van der Waals surface area contributed by atoms with Crippen molar-refractivity contribution >= 4 is 10.8 Å². The van der Waals surface area contributed by atoms with E-state index in [-0.39, 0.29) is 5.41 Å². The van der Waals surface area contributed by atoms with E-state index < -0.39 is 0 Å². The molecule has 0 bridgehead atoms. The number of hydrogen-bond donors (Lipinski definition) is 0. The second kappa shape index (κ2) is 12.9. The Morgan fingerprint density at radius 1 is 0.442 bits per heavy atom. The van der Waals surface area contributed by atoms with Gasteiger partial charge in [0.1, 0.15) is 0 Å². The zero-order valence-electron chi connectivity index (χ0n) is 26.8. The summed E-state index contributed by atoms with van der Waals surface area (Å²) in [4.78, 5) is 0. The van der Waals surface area contributed by atoms with Crippen molar-refractivity contribution in [2.45, 2.75) is 97.3 Å². The Hall–Kier alpha value is -3.64. The molecule has 220 valence electrons. The molecule has 0 saturated heterocycles. The van der Waals surface area contributed by atoms with Crippen molar-refractivity contribution in [2.75, 3.05) is 0 Å². The van der Waals surface area contributed by atoms with Crippen LogP contribution in [0.2, 0.25) is 0 Å². The van der Waals surface area contributed by atoms with Crippen LogP contribution in [-0.2, 0) is 18.3 Å². The van der Waals surface area contributed by atoms with Gasteiger partial charge in [0.2, 0.25) is 0 Å². The van der Waals surface area contributed by atoms with Gasteiger partial charge in [-0.05, 0) is 107 Å². The predicted octanol–water partition coefficient (Wildman–Crippen LogP) is 12.1. The smallest absolute Gasteiger partial charge is 0.0654 e. The Labute approximate surface area is 260 Å². The first kappa shape index (κ1) is 29.4. The number of rotatable bonds is 12. The molecule has 0 atom stereocenters. The molecular weight excluding hydrogens is 516 g/mol. The lowest BCUT2D eigenvalue weighted by atomic mass is 9.67. The molecule has 6 rings (SSSR count). The lowest BCUT2D eigenvalue weighted by Crippen LogP contribution is -2.28. The molecule has 0 radical (unpaired) electrons. The molecule has 0 heterocycles. The molecular formula is C43H48. The monoisotopic (exact) mass is 564 g/mol. The number of fused-ring (bicyclic) bond motifs is 4. The van der Waals surface area contributed by atoms with E-state index >= 15 is 0 Å². The van der Waals surface area contributed by atoms with Gasteiger partial charge in [0.15, 0.2) is 0 Å². The fourth-order valence-electron chi connectivity index (χ4n) is 7.44. The van der Waals surface area contributed by atoms with Crippen LogP contribution in [0.15, 0.2) is 97.1 Å². The van der Waals surface area contributed by atoms with Crippen LogP contribution >= 0.6 is 0 Å². The Bertz CT molecular complexity index is 1630. The molecule has 1 aliphatic carbocycles. The maximum atomic E-state index is 2.50. The average Bonchev–Trinajstić information content (AvgIpc) is 3.30. The zero-order chi connectivity index (χ0) is 29.8. The maximum absolute atomic E-state index is 2.50. The van der Waals surface area contributed by atoms with E-state index in [4.69, 9.17) is 0 Å². The molecule has 5 aromatic rings. The van der Waals surface area contributed by atoms with Crippen molar-refractivity contribution in [1.82, 2.24) is 0 Å². The van der Waals surface area contributed by atoms with E-state index in [9.17, 15) is 0 Å². The standard InChI is InChI=1S/C43H48/c1-5-7-9-11-13-33-17-22-37(23-18-33)43(38-24-19-34(20-25-38)14-12-10-8-6-2)41-28-32(4)16-26-39(41)40-29-35-21-15-31(3)27-36(35)30-42(40)43/h15-30H,5-14H2,1-4H3. The van der Waals surface area contributed by atoms with Gasteiger partial charge in [-0.25, -0.2) is 0 Å². The molecule has 0 aliphatic heterocycles. The fourth-order valence-corrected chi connectivity index (χ4v) is 7.44. The molecule has 0 amide bonds. The van der Waals surface area contributed by atoms with Gasteiger partial charge < -0.3 is 0 Å². The SMILES string of the molecule is CCCCCCc1ccc(C2(c3ccc(CCCCCC)cc3)c3cc(C)ccc3-c3cc4ccc(C)cc4cc32)cc1. The Balaban J connectivity index is 1.53. The third-order valence-electron chi connectivity index (χ3n) is 9.82. The van der Waals surface area contributed by atoms with Crippen LogP contribution in [0.3, 0.4) is 0 Å². The normalized spacial score (nSPS) is 13.3. The molecule has 0 heteroatoms. The van der Waals surface area contributed by atoms with E-state index in [0.29, 0.717) is 0 Å². The summed E-state index contributed by atoms with van der Waals surface area (Å²) in [7, 11) is 0. The lowest BCUT2D eigenvalue weighted by Gasteiger charge is -2.34. The van der Waals surface area contributed by atoms with E-state index in [1.807, 2.05) is 0 Å². The van der Waals surface area contributed by atoms with Gasteiger partial charge in [0, 0.05) is 0 Å². The molecule has 1 aliphatic rings. The summed E-state index contributed by atoms with van der Waals surface area (Å²) in [6.07, 6.45) is 12.7. The van der Waals surface area contributed by atoms with Gasteiger partial charge >= 0.3 is 0 Å². The first-order chi connectivity index (χ1) is 21.0. The van der Waals surface area contributed by atoms with Gasteiger partial charge in [-0.1, -0.05) is 148 Å². The second-order valence-electron chi connectivity index (χ2n) is 13.1. The van der Waals surface area contributed by atoms with E-state index in [0.717, 1.165) is 12.8 Å². The van der Waals surface area contributed by atoms with E-state index in [1.165, 1.54) is 118 Å². The molecule has 43 heavy (non-hydrogen) atoms. The third kappa shape index (κ3) is 5.70. The highest BCUT2D eigenvalue weighted by atomic mass is 14.5. The van der Waals surface area contributed by atoms with Gasteiger partial charge in [-0.15, -0.1) is 0 Å². The summed E-state index contributed by atoms with van der Waals surface area (Å²) in [5, 5.41) is 2.64. The fraction of sp³-hybridized carbons (Fsp3) is 0.349. The van der Waals surface area contributed by atoms with Crippen LogP contribution in [0.4, 0.5) is 0 Å². The van der Waals surface area contributed by atoms with Crippen LogP contribution in [0, 0.1) is 13.8 Å². The summed E-state index contributed by atoms with van der Waals surface area (Å²) >= 11 is 0. The highest BCUT2D eigenvalue weighted by Crippen LogP contribution is 2.57. The maximum Gasteiger partial charge on any atom is 0.0713 e. The van der Waals surface area contributed by atoms with Crippen LogP contribution in [0.1, 0.15) is 110 Å². The van der Waals surface area contributed by atoms with Crippen molar-refractivity contribution < 1.29 is 0 Å². The van der Waals surface area contributed by atoms with E-state index in [1.54, 1.807) is 0 Å². The van der Waals surface area contributed by atoms with Gasteiger partial charge in [-0.2, -0.15) is 0 Å². The van der Waals surface area contributed by atoms with Gasteiger partial charge in [0.05, 0.1) is 5.41 Å².